The summed E-state index contributed by atoms with van der Waals surface area (Å²) in [6, 6.07) is 12.4. The Bertz CT molecular complexity index is 1360. The number of imidazole rings is 1. The average Bonchev–Trinajstić information content (AvgIpc) is 3.21. The minimum Gasteiger partial charge on any atom is -0.503 e. The summed E-state index contributed by atoms with van der Waals surface area (Å²) in [6.45, 7) is 2.54. The molecule has 2 aromatic carbocycles. The number of aromatic nitrogens is 4. The van der Waals surface area contributed by atoms with E-state index in [2.05, 4.69) is 26.0 Å². The van der Waals surface area contributed by atoms with Gasteiger partial charge < -0.3 is 9.67 Å². The van der Waals surface area contributed by atoms with Gasteiger partial charge in [-0.05, 0) is 35.7 Å². The normalized spacial score (nSPS) is 15.9. The Morgan fingerprint density at radius 1 is 1.23 bits per heavy atom. The topological polar surface area (TPSA) is 72.9 Å². The Morgan fingerprint density at radius 2 is 2.03 bits per heavy atom. The van der Waals surface area contributed by atoms with Crippen LogP contribution < -0.4 is 5.43 Å². The van der Waals surface area contributed by atoms with E-state index in [1.165, 1.54) is 12.1 Å². The zero-order valence-corrected chi connectivity index (χ0v) is 18.1. The summed E-state index contributed by atoms with van der Waals surface area (Å²) in [5.41, 5.74) is 2.74. The third-order valence-corrected chi connectivity index (χ3v) is 6.50. The van der Waals surface area contributed by atoms with Crippen molar-refractivity contribution >= 4 is 15.9 Å². The van der Waals surface area contributed by atoms with E-state index in [1.807, 2.05) is 42.0 Å². The smallest absolute Gasteiger partial charge is 0.242 e. The summed E-state index contributed by atoms with van der Waals surface area (Å²) >= 11 is 3.54. The molecule has 0 radical (unpaired) electrons. The van der Waals surface area contributed by atoms with E-state index in [1.54, 1.807) is 16.9 Å². The summed E-state index contributed by atoms with van der Waals surface area (Å²) in [5.74, 6) is -0.464. The van der Waals surface area contributed by atoms with Gasteiger partial charge in [0.05, 0.1) is 12.2 Å². The van der Waals surface area contributed by atoms with Crippen LogP contribution in [0.4, 0.5) is 4.39 Å². The van der Waals surface area contributed by atoms with Crippen LogP contribution >= 0.6 is 15.9 Å². The highest BCUT2D eigenvalue weighted by atomic mass is 79.9. The number of fused-ring (bicyclic) bond motifs is 3. The molecule has 0 bridgehead atoms. The Labute approximate surface area is 185 Å². The quantitative estimate of drug-likeness (QED) is 0.471. The van der Waals surface area contributed by atoms with Crippen molar-refractivity contribution in [2.24, 2.45) is 0 Å². The molecular formula is C23H18BrFN4O2. The van der Waals surface area contributed by atoms with Gasteiger partial charge in [0.1, 0.15) is 11.5 Å². The van der Waals surface area contributed by atoms with Gasteiger partial charge in [-0.3, -0.25) is 9.48 Å². The second kappa shape index (κ2) is 7.46. The first-order valence-electron chi connectivity index (χ1n) is 9.78. The molecule has 5 rings (SSSR count). The van der Waals surface area contributed by atoms with E-state index < -0.39 is 5.43 Å². The lowest BCUT2D eigenvalue weighted by atomic mass is 9.82. The van der Waals surface area contributed by atoms with Crippen molar-refractivity contribution in [2.75, 3.05) is 0 Å². The molecule has 1 aliphatic rings. The molecule has 6 nitrogen and oxygen atoms in total. The summed E-state index contributed by atoms with van der Waals surface area (Å²) in [5, 5.41) is 15.0. The molecule has 8 heteroatoms. The van der Waals surface area contributed by atoms with Gasteiger partial charge >= 0.3 is 0 Å². The molecule has 1 aliphatic heterocycles. The fourth-order valence-electron chi connectivity index (χ4n) is 4.39. The summed E-state index contributed by atoms with van der Waals surface area (Å²) in [4.78, 5) is 16.5. The fourth-order valence-corrected chi connectivity index (χ4v) is 4.99. The Morgan fingerprint density at radius 3 is 2.81 bits per heavy atom. The van der Waals surface area contributed by atoms with Gasteiger partial charge in [0, 0.05) is 29.3 Å². The number of benzene rings is 2. The zero-order chi connectivity index (χ0) is 21.7. The van der Waals surface area contributed by atoms with Crippen molar-refractivity contribution in [1.29, 1.82) is 0 Å². The first-order valence-corrected chi connectivity index (χ1v) is 10.6. The van der Waals surface area contributed by atoms with Crippen LogP contribution in [0.25, 0.3) is 11.5 Å². The Kier molecular flexibility index (Phi) is 4.74. The number of nitrogens with zero attached hydrogens (tertiary/aromatic N) is 4. The Hall–Kier alpha value is -3.26. The third-order valence-electron chi connectivity index (χ3n) is 5.82. The van der Waals surface area contributed by atoms with Crippen molar-refractivity contribution in [3.63, 3.8) is 0 Å². The van der Waals surface area contributed by atoms with Gasteiger partial charge in [0.2, 0.25) is 5.43 Å². The lowest BCUT2D eigenvalue weighted by Crippen LogP contribution is -2.32. The predicted molar refractivity (Wildman–Crippen MR) is 118 cm³/mol. The molecule has 0 aliphatic carbocycles. The number of rotatable bonds is 3. The fraction of sp³-hybridized carbons (Fsp3) is 0.174. The minimum absolute atomic E-state index is 0.236. The van der Waals surface area contributed by atoms with Crippen LogP contribution in [0.15, 0.2) is 70.3 Å². The number of hydrogen-bond acceptors (Lipinski definition) is 4. The number of aryl methyl sites for hydroxylation is 1. The molecule has 0 saturated carbocycles. The van der Waals surface area contributed by atoms with Crippen LogP contribution in [-0.2, 0) is 6.54 Å². The molecule has 156 valence electrons. The number of halogens is 2. The van der Waals surface area contributed by atoms with Crippen LogP contribution in [0.3, 0.4) is 0 Å². The molecule has 2 aromatic heterocycles. The highest BCUT2D eigenvalue weighted by molar-refractivity contribution is 9.10. The second-order valence-corrected chi connectivity index (χ2v) is 8.48. The average molecular weight is 481 g/mol. The molecule has 0 spiro atoms. The maximum atomic E-state index is 13.9. The van der Waals surface area contributed by atoms with E-state index in [9.17, 15) is 14.3 Å². The van der Waals surface area contributed by atoms with Crippen molar-refractivity contribution in [1.82, 2.24) is 19.3 Å². The molecule has 1 unspecified atom stereocenters. The molecular weight excluding hydrogens is 463 g/mol. The molecule has 0 fully saturated rings. The molecule has 4 aromatic rings. The van der Waals surface area contributed by atoms with E-state index >= 15 is 0 Å². The van der Waals surface area contributed by atoms with Crippen molar-refractivity contribution in [3.8, 4) is 17.3 Å². The van der Waals surface area contributed by atoms with Gasteiger partial charge in [-0.25, -0.2) is 9.37 Å². The zero-order valence-electron chi connectivity index (χ0n) is 16.5. The highest BCUT2D eigenvalue weighted by Gasteiger charge is 2.36. The maximum Gasteiger partial charge on any atom is 0.242 e. The first-order chi connectivity index (χ1) is 15.0. The predicted octanol–water partition coefficient (Wildman–Crippen LogP) is 4.41. The number of hydrogen-bond donors (Lipinski definition) is 1. The molecule has 31 heavy (non-hydrogen) atoms. The number of aromatic hydroxyl groups is 1. The van der Waals surface area contributed by atoms with Crippen molar-refractivity contribution in [3.05, 3.63) is 98.3 Å². The van der Waals surface area contributed by atoms with E-state index in [0.29, 0.717) is 16.8 Å². The van der Waals surface area contributed by atoms with Gasteiger partial charge in [-0.2, -0.15) is 5.10 Å². The Balaban J connectivity index is 1.80. The van der Waals surface area contributed by atoms with Gasteiger partial charge in [-0.15, -0.1) is 0 Å². The monoisotopic (exact) mass is 480 g/mol. The van der Waals surface area contributed by atoms with E-state index in [0.717, 1.165) is 22.9 Å². The third kappa shape index (κ3) is 3.18. The van der Waals surface area contributed by atoms with Gasteiger partial charge in [0.15, 0.2) is 11.6 Å². The minimum atomic E-state index is -0.558. The molecule has 0 amide bonds. The molecule has 1 N–H and O–H groups in total. The standard InChI is InChI=1S/C23H18BrFN4O2/c1-13-4-2-3-5-15(13)20(16-7-6-14(25)10-17(16)24)18-12-28-9-8-26-23(28)21-22(31)19(30)11-27-29(18)21/h2-11,18,20,31H,12H2,1H3/t18-,20?/m1/s1. The maximum absolute atomic E-state index is 13.9. The van der Waals surface area contributed by atoms with Gasteiger partial charge in [-0.1, -0.05) is 46.3 Å². The van der Waals surface area contributed by atoms with E-state index in [-0.39, 0.29) is 29.2 Å². The first kappa shape index (κ1) is 19.7. The van der Waals surface area contributed by atoms with Gasteiger partial charge in [0.25, 0.3) is 0 Å². The molecule has 2 atom stereocenters. The van der Waals surface area contributed by atoms with Crippen LogP contribution in [0.1, 0.15) is 28.7 Å². The van der Waals surface area contributed by atoms with E-state index in [4.69, 9.17) is 0 Å². The van der Waals surface area contributed by atoms with Crippen molar-refractivity contribution in [2.45, 2.75) is 25.4 Å². The summed E-state index contributed by atoms with van der Waals surface area (Å²) in [7, 11) is 0. The lowest BCUT2D eigenvalue weighted by Gasteiger charge is -2.35. The highest BCUT2D eigenvalue weighted by Crippen LogP contribution is 2.45. The summed E-state index contributed by atoms with van der Waals surface area (Å²) < 4.78 is 18.1. The summed E-state index contributed by atoms with van der Waals surface area (Å²) in [6.07, 6.45) is 4.58. The van der Waals surface area contributed by atoms with Crippen molar-refractivity contribution < 1.29 is 9.50 Å². The largest absolute Gasteiger partial charge is 0.503 e. The van der Waals surface area contributed by atoms with Crippen LogP contribution in [0, 0.1) is 12.7 Å². The van der Waals surface area contributed by atoms with Crippen LogP contribution in [0.2, 0.25) is 0 Å². The second-order valence-electron chi connectivity index (χ2n) is 7.62. The lowest BCUT2D eigenvalue weighted by molar-refractivity contribution is 0.330. The van der Waals surface area contributed by atoms with Crippen LogP contribution in [0.5, 0.6) is 5.75 Å². The van der Waals surface area contributed by atoms with Crippen LogP contribution in [-0.4, -0.2) is 24.4 Å². The molecule has 3 heterocycles. The molecule has 0 saturated heterocycles. The SMILES string of the molecule is Cc1ccccc1C(c1ccc(F)cc1Br)[C@H]1Cn2ccnc2-c2c(O)c(=O)cnn21.